The number of hydrogen-bond donors (Lipinski definition) is 1. The Labute approximate surface area is 82.9 Å². The Morgan fingerprint density at radius 3 is 2.23 bits per heavy atom. The average Bonchev–Trinajstić information content (AvgIpc) is 2.14. The van der Waals surface area contributed by atoms with E-state index >= 15 is 0 Å². The van der Waals surface area contributed by atoms with Gasteiger partial charge in [-0.3, -0.25) is 0 Å². The molecule has 0 bridgehead atoms. The maximum Gasteiger partial charge on any atom is 0.425 e. The van der Waals surface area contributed by atoms with Crippen molar-refractivity contribution in [2.24, 2.45) is 5.40 Å². The highest BCUT2D eigenvalue weighted by atomic mass is 28.4. The van der Waals surface area contributed by atoms with Crippen LogP contribution in [0.25, 0.3) is 0 Å². The number of nitrogens with two attached hydrogens (primary N) is 1. The highest BCUT2D eigenvalue weighted by molar-refractivity contribution is 6.65. The first-order valence-corrected chi connectivity index (χ1v) is 7.14. The van der Waals surface area contributed by atoms with Gasteiger partial charge in [0.15, 0.2) is 0 Å². The van der Waals surface area contributed by atoms with E-state index in [1.54, 1.807) is 0 Å². The number of rotatable bonds is 7. The Balaban J connectivity index is 4.14. The summed E-state index contributed by atoms with van der Waals surface area (Å²) in [4.78, 5) is 0. The summed E-state index contributed by atoms with van der Waals surface area (Å²) in [6, 6.07) is 0. The molecule has 2 unspecified atom stereocenters. The Hall–Kier alpha value is 0.0969. The quantitative estimate of drug-likeness (QED) is 0.648. The summed E-state index contributed by atoms with van der Waals surface area (Å²) in [7, 11) is -2.37. The maximum atomic E-state index is 6.14. The van der Waals surface area contributed by atoms with Gasteiger partial charge in [0.05, 0.1) is 0 Å². The summed E-state index contributed by atoms with van der Waals surface area (Å²) in [6.07, 6.45) is 2.02. The van der Waals surface area contributed by atoms with E-state index in [1.165, 1.54) is 0 Å². The first-order valence-electron chi connectivity index (χ1n) is 5.17. The molecule has 0 aromatic heterocycles. The molecule has 2 N–H and O–H groups in total. The monoisotopic (exact) mass is 205 g/mol. The summed E-state index contributed by atoms with van der Waals surface area (Å²) in [5.41, 5.74) is 0.360. The van der Waals surface area contributed by atoms with Gasteiger partial charge in [-0.2, -0.15) is 0 Å². The van der Waals surface area contributed by atoms with Crippen molar-refractivity contribution in [1.82, 2.24) is 0 Å². The van der Waals surface area contributed by atoms with Crippen LogP contribution in [0.3, 0.4) is 0 Å². The predicted molar refractivity (Wildman–Crippen MR) is 57.5 cm³/mol. The van der Waals surface area contributed by atoms with Crippen molar-refractivity contribution in [2.75, 3.05) is 13.2 Å². The Kier molecular flexibility index (Phi) is 6.58. The minimum Gasteiger partial charge on any atom is -0.383 e. The van der Waals surface area contributed by atoms with Gasteiger partial charge in [0.25, 0.3) is 0 Å². The van der Waals surface area contributed by atoms with Gasteiger partial charge in [0.2, 0.25) is 0 Å². The lowest BCUT2D eigenvalue weighted by molar-refractivity contribution is 0.166. The normalized spacial score (nSPS) is 18.2. The van der Waals surface area contributed by atoms with Crippen molar-refractivity contribution in [3.05, 3.63) is 0 Å². The molecule has 0 aromatic carbocycles. The van der Waals surface area contributed by atoms with Crippen LogP contribution in [0.4, 0.5) is 0 Å². The van der Waals surface area contributed by atoms with Crippen molar-refractivity contribution in [3.63, 3.8) is 0 Å². The van der Waals surface area contributed by atoms with E-state index in [9.17, 15) is 0 Å². The van der Waals surface area contributed by atoms with E-state index in [4.69, 9.17) is 14.3 Å². The van der Waals surface area contributed by atoms with Crippen LogP contribution >= 0.6 is 0 Å². The maximum absolute atomic E-state index is 6.14. The second-order valence-corrected chi connectivity index (χ2v) is 6.32. The zero-order valence-corrected chi connectivity index (χ0v) is 10.3. The molecular weight excluding hydrogens is 182 g/mol. The van der Waals surface area contributed by atoms with Crippen molar-refractivity contribution < 1.29 is 8.85 Å². The first-order chi connectivity index (χ1) is 6.10. The highest BCUT2D eigenvalue weighted by Crippen LogP contribution is 2.22. The molecule has 0 aliphatic rings. The van der Waals surface area contributed by atoms with Crippen LogP contribution in [0.1, 0.15) is 40.5 Å². The van der Waals surface area contributed by atoms with Gasteiger partial charge in [0.1, 0.15) is 0 Å². The molecule has 0 spiro atoms. The first kappa shape index (κ1) is 13.1. The molecule has 0 radical (unpaired) electrons. The lowest BCUT2D eigenvalue weighted by atomic mass is 10.4. The molecule has 0 saturated carbocycles. The van der Waals surface area contributed by atoms with Gasteiger partial charge >= 0.3 is 8.72 Å². The second kappa shape index (κ2) is 6.54. The molecule has 0 fully saturated rings. The van der Waals surface area contributed by atoms with Gasteiger partial charge in [-0.05, 0) is 13.3 Å². The van der Waals surface area contributed by atoms with Crippen LogP contribution in [-0.4, -0.2) is 21.9 Å². The van der Waals surface area contributed by atoms with Crippen LogP contribution in [0.5, 0.6) is 0 Å². The summed E-state index contributed by atoms with van der Waals surface area (Å²) in [5.74, 6) is 0. The zero-order valence-electron chi connectivity index (χ0n) is 9.30. The molecule has 4 heteroatoms. The fourth-order valence-electron chi connectivity index (χ4n) is 1.10. The van der Waals surface area contributed by atoms with Gasteiger partial charge < -0.3 is 14.3 Å². The van der Waals surface area contributed by atoms with E-state index in [0.29, 0.717) is 18.8 Å². The molecule has 0 aliphatic heterocycles. The number of hydrogen-bond acceptors (Lipinski definition) is 3. The average molecular weight is 205 g/mol. The van der Waals surface area contributed by atoms with Crippen molar-refractivity contribution in [2.45, 2.75) is 46.1 Å². The fourth-order valence-corrected chi connectivity index (χ4v) is 3.29. The molecule has 0 aliphatic carbocycles. The standard InChI is InChI=1S/C9H23NO2Si/c1-5-8-12-13(10,11-7-3)9(4)6-2/h9H,5-8,10H2,1-4H3. The molecule has 0 heterocycles. The summed E-state index contributed by atoms with van der Waals surface area (Å²) in [5, 5.41) is 6.14. The van der Waals surface area contributed by atoms with Crippen molar-refractivity contribution >= 4 is 8.72 Å². The third-order valence-corrected chi connectivity index (χ3v) is 5.38. The Morgan fingerprint density at radius 2 is 1.85 bits per heavy atom. The predicted octanol–water partition coefficient (Wildman–Crippen LogP) is 2.15. The summed E-state index contributed by atoms with van der Waals surface area (Å²) in [6.45, 7) is 9.64. The van der Waals surface area contributed by atoms with Crippen molar-refractivity contribution in [3.8, 4) is 0 Å². The van der Waals surface area contributed by atoms with E-state index in [0.717, 1.165) is 12.8 Å². The van der Waals surface area contributed by atoms with Crippen LogP contribution in [0.2, 0.25) is 5.54 Å². The van der Waals surface area contributed by atoms with E-state index < -0.39 is 8.72 Å². The molecule has 0 amide bonds. The van der Waals surface area contributed by atoms with Gasteiger partial charge in [-0.15, -0.1) is 0 Å². The van der Waals surface area contributed by atoms with Gasteiger partial charge in [-0.1, -0.05) is 27.2 Å². The highest BCUT2D eigenvalue weighted by Gasteiger charge is 2.38. The minimum absolute atomic E-state index is 0.360. The molecular formula is C9H23NO2Si. The van der Waals surface area contributed by atoms with E-state index in [-0.39, 0.29) is 0 Å². The second-order valence-electron chi connectivity index (χ2n) is 3.31. The van der Waals surface area contributed by atoms with Crippen LogP contribution < -0.4 is 5.40 Å². The van der Waals surface area contributed by atoms with Gasteiger partial charge in [-0.25, -0.2) is 0 Å². The lowest BCUT2D eigenvalue weighted by Gasteiger charge is -2.30. The largest absolute Gasteiger partial charge is 0.425 e. The third kappa shape index (κ3) is 4.22. The zero-order chi connectivity index (χ0) is 10.3. The smallest absolute Gasteiger partial charge is 0.383 e. The lowest BCUT2D eigenvalue weighted by Crippen LogP contribution is -2.55. The molecule has 3 nitrogen and oxygen atoms in total. The SMILES string of the molecule is CCCO[Si](N)(OCC)C(C)CC. The minimum atomic E-state index is -2.37. The van der Waals surface area contributed by atoms with E-state index in [1.807, 2.05) is 6.92 Å². The molecule has 0 aromatic rings. The molecule has 13 heavy (non-hydrogen) atoms. The fraction of sp³-hybridized carbons (Fsp3) is 1.00. The molecule has 0 rings (SSSR count). The third-order valence-electron chi connectivity index (χ3n) is 2.20. The van der Waals surface area contributed by atoms with Crippen LogP contribution in [0.15, 0.2) is 0 Å². The molecule has 0 saturated heterocycles. The summed E-state index contributed by atoms with van der Waals surface area (Å²) >= 11 is 0. The summed E-state index contributed by atoms with van der Waals surface area (Å²) < 4.78 is 11.2. The van der Waals surface area contributed by atoms with E-state index in [2.05, 4.69) is 20.8 Å². The van der Waals surface area contributed by atoms with Gasteiger partial charge in [0, 0.05) is 18.8 Å². The Morgan fingerprint density at radius 1 is 1.23 bits per heavy atom. The Bertz CT molecular complexity index is 135. The molecule has 80 valence electrons. The van der Waals surface area contributed by atoms with Crippen LogP contribution in [-0.2, 0) is 8.85 Å². The molecule has 2 atom stereocenters. The topological polar surface area (TPSA) is 44.5 Å². The van der Waals surface area contributed by atoms with Crippen molar-refractivity contribution in [1.29, 1.82) is 0 Å². The van der Waals surface area contributed by atoms with Crippen LogP contribution in [0, 0.1) is 0 Å².